The number of benzene rings is 1. The van der Waals surface area contributed by atoms with Crippen molar-refractivity contribution in [3.05, 3.63) is 27.2 Å². The highest BCUT2D eigenvalue weighted by Crippen LogP contribution is 2.33. The van der Waals surface area contributed by atoms with Crippen LogP contribution in [0.15, 0.2) is 16.6 Å². The Labute approximate surface area is 99.7 Å². The average molecular weight is 294 g/mol. The molecule has 0 aliphatic heterocycles. The van der Waals surface area contributed by atoms with E-state index in [4.69, 9.17) is 16.0 Å². The molecule has 1 aromatic carbocycles. The van der Waals surface area contributed by atoms with Crippen molar-refractivity contribution >= 4 is 35.8 Å². The van der Waals surface area contributed by atoms with E-state index < -0.39 is 8.32 Å². The molecule has 0 aliphatic carbocycles. The zero-order valence-corrected chi connectivity index (χ0v) is 12.2. The van der Waals surface area contributed by atoms with E-state index in [-0.39, 0.29) is 0 Å². The molecule has 1 nitrogen and oxygen atoms in total. The lowest BCUT2D eigenvalue weighted by atomic mass is 10.2. The molecule has 0 saturated heterocycles. The Kier molecular flexibility index (Phi) is 3.67. The lowest BCUT2D eigenvalue weighted by Crippen LogP contribution is -2.29. The van der Waals surface area contributed by atoms with Crippen LogP contribution >= 0.6 is 27.5 Å². The summed E-state index contributed by atoms with van der Waals surface area (Å²) in [4.78, 5) is 0. The molecule has 4 heteroatoms. The normalized spacial score (nSPS) is 11.6. The second-order valence-corrected chi connectivity index (χ2v) is 10.00. The minimum atomic E-state index is -1.58. The van der Waals surface area contributed by atoms with E-state index in [1.807, 2.05) is 19.1 Å². The fraction of sp³-hybridized carbons (Fsp3) is 0.400. The van der Waals surface area contributed by atoms with Gasteiger partial charge in [-0.05, 0) is 44.3 Å². The van der Waals surface area contributed by atoms with Crippen molar-refractivity contribution in [2.45, 2.75) is 26.6 Å². The van der Waals surface area contributed by atoms with Gasteiger partial charge in [-0.2, -0.15) is 0 Å². The van der Waals surface area contributed by atoms with Crippen molar-refractivity contribution in [3.63, 3.8) is 0 Å². The van der Waals surface area contributed by atoms with Crippen LogP contribution in [0.5, 0.6) is 5.75 Å². The molecule has 1 rings (SSSR count). The number of halogens is 2. The van der Waals surface area contributed by atoms with Gasteiger partial charge in [0.1, 0.15) is 5.75 Å². The van der Waals surface area contributed by atoms with Crippen LogP contribution < -0.4 is 4.43 Å². The summed E-state index contributed by atoms with van der Waals surface area (Å²) in [5, 5.41) is 0.680. The molecule has 0 atom stereocenters. The van der Waals surface area contributed by atoms with Gasteiger partial charge in [-0.15, -0.1) is 0 Å². The summed E-state index contributed by atoms with van der Waals surface area (Å²) < 4.78 is 6.89. The van der Waals surface area contributed by atoms with Crippen LogP contribution in [0.4, 0.5) is 0 Å². The van der Waals surface area contributed by atoms with Crippen molar-refractivity contribution < 1.29 is 4.43 Å². The third-order valence-corrected chi connectivity index (χ3v) is 3.16. The van der Waals surface area contributed by atoms with Crippen molar-refractivity contribution in [1.82, 2.24) is 0 Å². The van der Waals surface area contributed by atoms with Crippen LogP contribution in [0.25, 0.3) is 0 Å². The van der Waals surface area contributed by atoms with Crippen LogP contribution in [0.2, 0.25) is 24.7 Å². The van der Waals surface area contributed by atoms with Gasteiger partial charge in [0, 0.05) is 4.47 Å². The lowest BCUT2D eigenvalue weighted by molar-refractivity contribution is 0.553. The number of hydrogen-bond donors (Lipinski definition) is 0. The van der Waals surface area contributed by atoms with Gasteiger partial charge in [0.05, 0.1) is 5.02 Å². The maximum atomic E-state index is 6.11. The first-order valence-corrected chi connectivity index (χ1v) is 9.02. The molecule has 0 radical (unpaired) electrons. The Bertz CT molecular complexity index is 323. The van der Waals surface area contributed by atoms with Gasteiger partial charge < -0.3 is 4.43 Å². The van der Waals surface area contributed by atoms with E-state index >= 15 is 0 Å². The topological polar surface area (TPSA) is 9.23 Å². The van der Waals surface area contributed by atoms with E-state index in [1.165, 1.54) is 0 Å². The Hall–Kier alpha value is 0.00688. The summed E-state index contributed by atoms with van der Waals surface area (Å²) in [6.45, 7) is 8.44. The van der Waals surface area contributed by atoms with Crippen LogP contribution in [0.3, 0.4) is 0 Å². The number of aryl methyl sites for hydroxylation is 1. The van der Waals surface area contributed by atoms with Gasteiger partial charge in [0.15, 0.2) is 0 Å². The lowest BCUT2D eigenvalue weighted by Gasteiger charge is -2.22. The van der Waals surface area contributed by atoms with Crippen LogP contribution in [0.1, 0.15) is 5.56 Å². The SMILES string of the molecule is Cc1cc(Br)cc(Cl)c1O[Si](C)(C)C. The third-order valence-electron chi connectivity index (χ3n) is 1.60. The molecule has 0 aliphatic rings. The molecule has 0 unspecified atom stereocenters. The quantitative estimate of drug-likeness (QED) is 0.723. The van der Waals surface area contributed by atoms with Gasteiger partial charge in [-0.3, -0.25) is 0 Å². The molecule has 0 N–H and O–H groups in total. The van der Waals surface area contributed by atoms with Gasteiger partial charge >= 0.3 is 0 Å². The number of hydrogen-bond acceptors (Lipinski definition) is 1. The second kappa shape index (κ2) is 4.25. The molecule has 1 aromatic rings. The van der Waals surface area contributed by atoms with E-state index in [0.717, 1.165) is 15.8 Å². The molecule has 0 heterocycles. The molecule has 0 amide bonds. The van der Waals surface area contributed by atoms with E-state index in [2.05, 4.69) is 35.6 Å². The van der Waals surface area contributed by atoms with Crippen molar-refractivity contribution in [2.24, 2.45) is 0 Å². The number of rotatable bonds is 2. The Balaban J connectivity index is 3.09. The van der Waals surface area contributed by atoms with E-state index in [0.29, 0.717) is 5.02 Å². The first-order chi connectivity index (χ1) is 6.29. The van der Waals surface area contributed by atoms with Crippen LogP contribution in [0, 0.1) is 6.92 Å². The first-order valence-electron chi connectivity index (χ1n) is 4.44. The first kappa shape index (κ1) is 12.1. The van der Waals surface area contributed by atoms with Gasteiger partial charge in [-0.25, -0.2) is 0 Å². The second-order valence-electron chi connectivity index (χ2n) is 4.25. The molecule has 0 aromatic heterocycles. The molecule has 0 spiro atoms. The molecule has 14 heavy (non-hydrogen) atoms. The maximum Gasteiger partial charge on any atom is 0.242 e. The van der Waals surface area contributed by atoms with Crippen molar-refractivity contribution in [3.8, 4) is 5.75 Å². The Morgan fingerprint density at radius 2 is 1.86 bits per heavy atom. The van der Waals surface area contributed by atoms with Crippen LogP contribution in [-0.2, 0) is 0 Å². The minimum Gasteiger partial charge on any atom is -0.543 e. The zero-order chi connectivity index (χ0) is 10.9. The predicted molar refractivity (Wildman–Crippen MR) is 67.9 cm³/mol. The largest absolute Gasteiger partial charge is 0.543 e. The van der Waals surface area contributed by atoms with Gasteiger partial charge in [0.2, 0.25) is 8.32 Å². The summed E-state index contributed by atoms with van der Waals surface area (Å²) in [6.07, 6.45) is 0. The van der Waals surface area contributed by atoms with Crippen molar-refractivity contribution in [2.75, 3.05) is 0 Å². The summed E-state index contributed by atoms with van der Waals surface area (Å²) in [7, 11) is -1.58. The average Bonchev–Trinajstić information content (AvgIpc) is 1.95. The smallest absolute Gasteiger partial charge is 0.242 e. The highest BCUT2D eigenvalue weighted by atomic mass is 79.9. The summed E-state index contributed by atoms with van der Waals surface area (Å²) in [6, 6.07) is 3.88. The molecule has 0 fully saturated rings. The predicted octanol–water partition coefficient (Wildman–Crippen LogP) is 4.62. The maximum absolute atomic E-state index is 6.11. The molecule has 78 valence electrons. The Morgan fingerprint density at radius 1 is 1.29 bits per heavy atom. The summed E-state index contributed by atoms with van der Waals surface area (Å²) >= 11 is 9.51. The van der Waals surface area contributed by atoms with Gasteiger partial charge in [-0.1, -0.05) is 27.5 Å². The van der Waals surface area contributed by atoms with E-state index in [1.54, 1.807) is 0 Å². The van der Waals surface area contributed by atoms with Crippen LogP contribution in [-0.4, -0.2) is 8.32 Å². The summed E-state index contributed by atoms with van der Waals surface area (Å²) in [5.41, 5.74) is 1.08. The molecule has 0 bridgehead atoms. The van der Waals surface area contributed by atoms with E-state index in [9.17, 15) is 0 Å². The van der Waals surface area contributed by atoms with Gasteiger partial charge in [0.25, 0.3) is 0 Å². The molecular weight excluding hydrogens is 280 g/mol. The highest BCUT2D eigenvalue weighted by molar-refractivity contribution is 9.10. The van der Waals surface area contributed by atoms with Crippen molar-refractivity contribution in [1.29, 1.82) is 0 Å². The highest BCUT2D eigenvalue weighted by Gasteiger charge is 2.19. The zero-order valence-electron chi connectivity index (χ0n) is 8.82. The fourth-order valence-electron chi connectivity index (χ4n) is 1.12. The molecular formula is C10H14BrClOSi. The molecule has 0 saturated carbocycles. The standard InChI is InChI=1S/C10H14BrClOSi/c1-7-5-8(11)6-9(12)10(7)13-14(2,3)4/h5-6H,1-4H3. The fourth-order valence-corrected chi connectivity index (χ4v) is 3.08. The minimum absolute atomic E-state index is 0.680. The monoisotopic (exact) mass is 292 g/mol. The summed E-state index contributed by atoms with van der Waals surface area (Å²) in [5.74, 6) is 0.828. The third kappa shape index (κ3) is 3.30. The Morgan fingerprint density at radius 3 is 2.29 bits per heavy atom.